The van der Waals surface area contributed by atoms with Crippen LogP contribution < -0.4 is 9.47 Å². The maximum atomic E-state index is 12.5. The zero-order chi connectivity index (χ0) is 21.6. The first-order valence-corrected chi connectivity index (χ1v) is 10.4. The number of carbonyl (C=O) groups is 1. The van der Waals surface area contributed by atoms with Gasteiger partial charge in [0.1, 0.15) is 11.5 Å². The molecule has 1 saturated heterocycles. The third-order valence-corrected chi connectivity index (χ3v) is 5.14. The minimum atomic E-state index is -0.346. The van der Waals surface area contributed by atoms with E-state index in [1.165, 1.54) is 6.20 Å². The second-order valence-electron chi connectivity index (χ2n) is 7.29. The molecular formula is C23H23ClN4O3. The normalized spacial score (nSPS) is 14.3. The summed E-state index contributed by atoms with van der Waals surface area (Å²) in [5, 5.41) is 0.544. The lowest BCUT2D eigenvalue weighted by molar-refractivity contribution is 0.107. The van der Waals surface area contributed by atoms with Gasteiger partial charge in [0.15, 0.2) is 0 Å². The van der Waals surface area contributed by atoms with Crippen molar-refractivity contribution in [1.29, 1.82) is 0 Å². The van der Waals surface area contributed by atoms with Gasteiger partial charge in [-0.25, -0.2) is 9.78 Å². The number of halogens is 1. The summed E-state index contributed by atoms with van der Waals surface area (Å²) in [5.41, 5.74) is 2.06. The lowest BCUT2D eigenvalue weighted by Crippen LogP contribution is -2.49. The fraction of sp³-hybridized carbons (Fsp3) is 0.261. The number of aromatic nitrogens is 2. The number of piperazine rings is 1. The molecule has 1 fully saturated rings. The van der Waals surface area contributed by atoms with Gasteiger partial charge in [-0.05, 0) is 49.4 Å². The molecule has 0 saturated carbocycles. The lowest BCUT2D eigenvalue weighted by atomic mass is 10.2. The molecule has 2 aromatic heterocycles. The van der Waals surface area contributed by atoms with Gasteiger partial charge in [-0.1, -0.05) is 17.7 Å². The summed E-state index contributed by atoms with van der Waals surface area (Å²) in [6.07, 6.45) is 1.17. The highest BCUT2D eigenvalue weighted by Gasteiger charge is 2.23. The molecule has 1 aliphatic heterocycles. The van der Waals surface area contributed by atoms with Gasteiger partial charge in [-0.2, -0.15) is 0 Å². The molecule has 0 bridgehead atoms. The van der Waals surface area contributed by atoms with Crippen molar-refractivity contribution in [3.63, 3.8) is 0 Å². The van der Waals surface area contributed by atoms with Crippen LogP contribution in [-0.2, 0) is 6.54 Å². The summed E-state index contributed by atoms with van der Waals surface area (Å²) >= 11 is 5.82. The van der Waals surface area contributed by atoms with Gasteiger partial charge in [0.2, 0.25) is 5.88 Å². The number of hydrogen-bond donors (Lipinski definition) is 0. The maximum absolute atomic E-state index is 12.5. The molecule has 4 rings (SSSR count). The summed E-state index contributed by atoms with van der Waals surface area (Å²) in [4.78, 5) is 25.2. The molecular weight excluding hydrogens is 416 g/mol. The van der Waals surface area contributed by atoms with Crippen LogP contribution in [0.4, 0.5) is 4.79 Å². The molecule has 1 aliphatic rings. The monoisotopic (exact) mass is 438 g/mol. The van der Waals surface area contributed by atoms with E-state index in [1.807, 2.05) is 25.1 Å². The van der Waals surface area contributed by atoms with Gasteiger partial charge in [0.25, 0.3) is 0 Å². The Labute approximate surface area is 186 Å². The molecule has 160 valence electrons. The van der Waals surface area contributed by atoms with Gasteiger partial charge >= 0.3 is 6.09 Å². The first-order valence-electron chi connectivity index (χ1n) is 10.1. The second kappa shape index (κ2) is 9.76. The van der Waals surface area contributed by atoms with Crippen molar-refractivity contribution in [1.82, 2.24) is 19.8 Å². The molecule has 0 aliphatic carbocycles. The van der Waals surface area contributed by atoms with Gasteiger partial charge < -0.3 is 14.4 Å². The van der Waals surface area contributed by atoms with Crippen molar-refractivity contribution >= 4 is 17.7 Å². The van der Waals surface area contributed by atoms with Crippen LogP contribution in [0.5, 0.6) is 17.4 Å². The van der Waals surface area contributed by atoms with Crippen molar-refractivity contribution in [2.24, 2.45) is 0 Å². The number of aryl methyl sites for hydroxylation is 1. The molecule has 8 heteroatoms. The van der Waals surface area contributed by atoms with E-state index in [2.05, 4.69) is 14.9 Å². The van der Waals surface area contributed by atoms with Gasteiger partial charge in [-0.3, -0.25) is 9.88 Å². The molecule has 3 heterocycles. The molecule has 7 nitrogen and oxygen atoms in total. The molecule has 0 atom stereocenters. The van der Waals surface area contributed by atoms with Crippen LogP contribution in [0.2, 0.25) is 5.02 Å². The predicted molar refractivity (Wildman–Crippen MR) is 118 cm³/mol. The number of benzene rings is 1. The smallest absolute Gasteiger partial charge is 0.415 e. The molecule has 1 aromatic carbocycles. The number of nitrogens with zero attached hydrogens (tertiary/aromatic N) is 4. The van der Waals surface area contributed by atoms with E-state index in [0.717, 1.165) is 31.0 Å². The highest BCUT2D eigenvalue weighted by Crippen LogP contribution is 2.23. The van der Waals surface area contributed by atoms with E-state index in [9.17, 15) is 4.79 Å². The van der Waals surface area contributed by atoms with Crippen LogP contribution in [-0.4, -0.2) is 52.0 Å². The van der Waals surface area contributed by atoms with Crippen LogP contribution in [0, 0.1) is 6.92 Å². The average Bonchev–Trinajstić information content (AvgIpc) is 2.77. The fourth-order valence-electron chi connectivity index (χ4n) is 3.29. The standard InChI is InChI=1S/C23H23ClN4O3/c1-17-3-2-4-19(26-17)16-27-11-13-28(14-12-27)23(29)31-21-8-6-20(7-9-21)30-22-10-5-18(24)15-25-22/h2-10,15H,11-14,16H2,1H3. The van der Waals surface area contributed by atoms with Crippen LogP contribution in [0.1, 0.15) is 11.4 Å². The molecule has 1 amide bonds. The highest BCUT2D eigenvalue weighted by molar-refractivity contribution is 6.30. The quantitative estimate of drug-likeness (QED) is 0.582. The maximum Gasteiger partial charge on any atom is 0.415 e. The second-order valence-corrected chi connectivity index (χ2v) is 7.73. The van der Waals surface area contributed by atoms with Crippen LogP contribution in [0.3, 0.4) is 0 Å². The lowest BCUT2D eigenvalue weighted by Gasteiger charge is -2.33. The van der Waals surface area contributed by atoms with Crippen molar-refractivity contribution in [2.75, 3.05) is 26.2 Å². The Hall–Kier alpha value is -3.16. The third kappa shape index (κ3) is 5.93. The number of amides is 1. The van der Waals surface area contributed by atoms with Crippen molar-refractivity contribution < 1.29 is 14.3 Å². The fourth-order valence-corrected chi connectivity index (χ4v) is 3.40. The summed E-state index contributed by atoms with van der Waals surface area (Å²) < 4.78 is 11.2. The Morgan fingerprint density at radius 1 is 1.00 bits per heavy atom. The van der Waals surface area contributed by atoms with Crippen LogP contribution in [0.15, 0.2) is 60.8 Å². The van der Waals surface area contributed by atoms with E-state index in [4.69, 9.17) is 21.1 Å². The van der Waals surface area contributed by atoms with E-state index >= 15 is 0 Å². The Bertz CT molecular complexity index is 1020. The Kier molecular flexibility index (Phi) is 6.64. The van der Waals surface area contributed by atoms with E-state index in [1.54, 1.807) is 41.3 Å². The average molecular weight is 439 g/mol. The van der Waals surface area contributed by atoms with Gasteiger partial charge in [-0.15, -0.1) is 0 Å². The first kappa shape index (κ1) is 21.1. The van der Waals surface area contributed by atoms with Crippen molar-refractivity contribution in [3.05, 3.63) is 77.2 Å². The van der Waals surface area contributed by atoms with E-state index < -0.39 is 0 Å². The topological polar surface area (TPSA) is 67.8 Å². The van der Waals surface area contributed by atoms with Gasteiger partial charge in [0, 0.05) is 50.7 Å². The van der Waals surface area contributed by atoms with Gasteiger partial charge in [0.05, 0.1) is 10.7 Å². The molecule has 31 heavy (non-hydrogen) atoms. The minimum Gasteiger partial charge on any atom is -0.439 e. The SMILES string of the molecule is Cc1cccc(CN2CCN(C(=O)Oc3ccc(Oc4ccc(Cl)cn4)cc3)CC2)n1. The third-order valence-electron chi connectivity index (χ3n) is 4.91. The number of rotatable bonds is 5. The number of pyridine rings is 2. The summed E-state index contributed by atoms with van der Waals surface area (Å²) in [6.45, 7) is 5.58. The summed E-state index contributed by atoms with van der Waals surface area (Å²) in [7, 11) is 0. The Balaban J connectivity index is 1.25. The predicted octanol–water partition coefficient (Wildman–Crippen LogP) is 4.55. The molecule has 3 aromatic rings. The number of hydrogen-bond acceptors (Lipinski definition) is 6. The first-order chi connectivity index (χ1) is 15.0. The number of carbonyl (C=O) groups excluding carboxylic acids is 1. The molecule has 0 radical (unpaired) electrons. The number of ether oxygens (including phenoxy) is 2. The zero-order valence-electron chi connectivity index (χ0n) is 17.2. The van der Waals surface area contributed by atoms with E-state index in [-0.39, 0.29) is 6.09 Å². The van der Waals surface area contributed by atoms with E-state index in [0.29, 0.717) is 35.5 Å². The molecule has 0 spiro atoms. The summed E-state index contributed by atoms with van der Waals surface area (Å²) in [6, 6.07) is 16.3. The van der Waals surface area contributed by atoms with Crippen molar-refractivity contribution in [3.8, 4) is 17.4 Å². The Morgan fingerprint density at radius 2 is 1.74 bits per heavy atom. The van der Waals surface area contributed by atoms with Crippen LogP contribution >= 0.6 is 11.6 Å². The minimum absolute atomic E-state index is 0.346. The summed E-state index contributed by atoms with van der Waals surface area (Å²) in [5.74, 6) is 1.49. The molecule has 0 N–H and O–H groups in total. The Morgan fingerprint density at radius 3 is 2.42 bits per heavy atom. The van der Waals surface area contributed by atoms with Crippen molar-refractivity contribution in [2.45, 2.75) is 13.5 Å². The highest BCUT2D eigenvalue weighted by atomic mass is 35.5. The molecule has 0 unspecified atom stereocenters. The largest absolute Gasteiger partial charge is 0.439 e. The zero-order valence-corrected chi connectivity index (χ0v) is 18.0. The van der Waals surface area contributed by atoms with Crippen LogP contribution in [0.25, 0.3) is 0 Å².